The SMILES string of the molecule is CCOc1ccc(-c2cn[nH]n2)[nH+]c1. The molecule has 0 aromatic carbocycles. The van der Waals surface area contributed by atoms with Crippen LogP contribution in [-0.4, -0.2) is 22.0 Å². The third-order valence-electron chi connectivity index (χ3n) is 1.79. The molecule has 2 rings (SSSR count). The van der Waals surface area contributed by atoms with Crippen LogP contribution in [0.1, 0.15) is 6.92 Å². The van der Waals surface area contributed by atoms with Gasteiger partial charge in [0.25, 0.3) is 0 Å². The molecule has 72 valence electrons. The molecule has 2 heterocycles. The van der Waals surface area contributed by atoms with Gasteiger partial charge in [0.2, 0.25) is 11.9 Å². The van der Waals surface area contributed by atoms with Gasteiger partial charge in [-0.25, -0.2) is 4.98 Å². The van der Waals surface area contributed by atoms with E-state index in [-0.39, 0.29) is 0 Å². The Morgan fingerprint density at radius 2 is 2.43 bits per heavy atom. The van der Waals surface area contributed by atoms with Crippen LogP contribution in [-0.2, 0) is 0 Å². The maximum absolute atomic E-state index is 5.30. The van der Waals surface area contributed by atoms with Crippen LogP contribution in [0.25, 0.3) is 11.4 Å². The molecule has 0 bridgehead atoms. The standard InChI is InChI=1S/C9H10N4O/c1-2-14-7-3-4-8(10-5-7)9-6-11-13-12-9/h3-6H,2H2,1H3,(H,11,12,13)/p+1. The highest BCUT2D eigenvalue weighted by Gasteiger charge is 2.08. The van der Waals surface area contributed by atoms with Crippen LogP contribution < -0.4 is 9.72 Å². The number of pyridine rings is 1. The van der Waals surface area contributed by atoms with E-state index in [0.717, 1.165) is 17.1 Å². The highest BCUT2D eigenvalue weighted by Crippen LogP contribution is 2.12. The van der Waals surface area contributed by atoms with Crippen LogP contribution >= 0.6 is 0 Å². The number of aromatic amines is 2. The topological polar surface area (TPSA) is 64.9 Å². The smallest absolute Gasteiger partial charge is 0.233 e. The molecule has 14 heavy (non-hydrogen) atoms. The Hall–Kier alpha value is -1.91. The molecule has 0 aliphatic rings. The van der Waals surface area contributed by atoms with E-state index in [1.807, 2.05) is 19.1 Å². The van der Waals surface area contributed by atoms with E-state index in [4.69, 9.17) is 4.74 Å². The molecule has 0 amide bonds. The summed E-state index contributed by atoms with van der Waals surface area (Å²) < 4.78 is 5.30. The van der Waals surface area contributed by atoms with Crippen molar-refractivity contribution in [3.63, 3.8) is 0 Å². The summed E-state index contributed by atoms with van der Waals surface area (Å²) in [6.07, 6.45) is 3.46. The average molecular weight is 191 g/mol. The summed E-state index contributed by atoms with van der Waals surface area (Å²) in [4.78, 5) is 3.08. The van der Waals surface area contributed by atoms with E-state index >= 15 is 0 Å². The van der Waals surface area contributed by atoms with Crippen LogP contribution in [0.4, 0.5) is 0 Å². The van der Waals surface area contributed by atoms with Crippen molar-refractivity contribution in [1.29, 1.82) is 0 Å². The first-order chi connectivity index (χ1) is 6.90. The minimum atomic E-state index is 0.664. The highest BCUT2D eigenvalue weighted by atomic mass is 16.5. The molecule has 0 fully saturated rings. The number of nitrogens with one attached hydrogen (secondary N) is 2. The van der Waals surface area contributed by atoms with E-state index < -0.39 is 0 Å². The molecule has 5 heteroatoms. The molecule has 0 unspecified atom stereocenters. The van der Waals surface area contributed by atoms with Gasteiger partial charge in [-0.05, 0) is 13.0 Å². The molecule has 0 spiro atoms. The molecule has 0 saturated heterocycles. The van der Waals surface area contributed by atoms with Crippen molar-refractivity contribution in [1.82, 2.24) is 15.4 Å². The Balaban J connectivity index is 2.22. The lowest BCUT2D eigenvalue weighted by atomic mass is 10.3. The number of nitrogens with zero attached hydrogens (tertiary/aromatic N) is 2. The lowest BCUT2D eigenvalue weighted by Gasteiger charge is -1.97. The van der Waals surface area contributed by atoms with Gasteiger partial charge < -0.3 is 4.74 Å². The zero-order valence-corrected chi connectivity index (χ0v) is 7.82. The normalized spacial score (nSPS) is 10.1. The maximum atomic E-state index is 5.30. The van der Waals surface area contributed by atoms with Crippen molar-refractivity contribution in [2.45, 2.75) is 6.92 Å². The molecule has 0 saturated carbocycles. The van der Waals surface area contributed by atoms with Crippen LogP contribution in [0.3, 0.4) is 0 Å². The molecule has 5 nitrogen and oxygen atoms in total. The zero-order valence-electron chi connectivity index (χ0n) is 7.82. The van der Waals surface area contributed by atoms with Crippen LogP contribution in [0.2, 0.25) is 0 Å². The summed E-state index contributed by atoms with van der Waals surface area (Å²) in [5.41, 5.74) is 1.69. The summed E-state index contributed by atoms with van der Waals surface area (Å²) in [5.74, 6) is 0.819. The summed E-state index contributed by atoms with van der Waals surface area (Å²) in [7, 11) is 0. The Labute approximate surface area is 81.1 Å². The Morgan fingerprint density at radius 3 is 3.00 bits per heavy atom. The van der Waals surface area contributed by atoms with Crippen molar-refractivity contribution in [3.8, 4) is 17.1 Å². The van der Waals surface area contributed by atoms with E-state index in [2.05, 4.69) is 20.4 Å². The predicted molar refractivity (Wildman–Crippen MR) is 49.5 cm³/mol. The maximum Gasteiger partial charge on any atom is 0.233 e. The minimum absolute atomic E-state index is 0.664. The number of aromatic nitrogens is 4. The van der Waals surface area contributed by atoms with Gasteiger partial charge in [-0.2, -0.15) is 10.3 Å². The van der Waals surface area contributed by atoms with Gasteiger partial charge >= 0.3 is 0 Å². The number of hydrogen-bond acceptors (Lipinski definition) is 3. The van der Waals surface area contributed by atoms with Gasteiger partial charge in [0.05, 0.1) is 12.8 Å². The Kier molecular flexibility index (Phi) is 2.40. The third-order valence-corrected chi connectivity index (χ3v) is 1.79. The van der Waals surface area contributed by atoms with Gasteiger partial charge in [-0.1, -0.05) is 0 Å². The lowest BCUT2D eigenvalue weighted by Crippen LogP contribution is -2.07. The number of rotatable bonds is 3. The quantitative estimate of drug-likeness (QED) is 0.776. The summed E-state index contributed by atoms with van der Waals surface area (Å²) in [6.45, 7) is 2.61. The van der Waals surface area contributed by atoms with Gasteiger partial charge in [0, 0.05) is 6.07 Å². The van der Waals surface area contributed by atoms with Crippen LogP contribution in [0.5, 0.6) is 5.75 Å². The first kappa shape index (κ1) is 8.68. The third kappa shape index (κ3) is 1.71. The lowest BCUT2D eigenvalue weighted by molar-refractivity contribution is -0.366. The van der Waals surface area contributed by atoms with Crippen LogP contribution in [0.15, 0.2) is 24.5 Å². The van der Waals surface area contributed by atoms with E-state index in [1.54, 1.807) is 12.4 Å². The number of H-pyrrole nitrogens is 2. The largest absolute Gasteiger partial charge is 0.488 e. The first-order valence-electron chi connectivity index (χ1n) is 4.41. The fourth-order valence-corrected chi connectivity index (χ4v) is 1.16. The summed E-state index contributed by atoms with van der Waals surface area (Å²) in [5, 5.41) is 10.2. The van der Waals surface area contributed by atoms with E-state index in [9.17, 15) is 0 Å². The van der Waals surface area contributed by atoms with Crippen molar-refractivity contribution >= 4 is 0 Å². The second-order valence-corrected chi connectivity index (χ2v) is 2.73. The number of ether oxygens (including phenoxy) is 1. The van der Waals surface area contributed by atoms with Crippen LogP contribution in [0, 0.1) is 0 Å². The average Bonchev–Trinajstić information content (AvgIpc) is 2.72. The molecule has 0 aliphatic carbocycles. The molecule has 0 radical (unpaired) electrons. The molecule has 0 aliphatic heterocycles. The van der Waals surface area contributed by atoms with Gasteiger partial charge in [0.1, 0.15) is 0 Å². The number of hydrogen-bond donors (Lipinski definition) is 1. The Bertz CT molecular complexity index is 382. The highest BCUT2D eigenvalue weighted by molar-refractivity contribution is 5.48. The van der Waals surface area contributed by atoms with E-state index in [0.29, 0.717) is 6.61 Å². The molecule has 2 aromatic heterocycles. The first-order valence-corrected chi connectivity index (χ1v) is 4.41. The van der Waals surface area contributed by atoms with Crippen molar-refractivity contribution in [2.75, 3.05) is 6.61 Å². The fraction of sp³-hybridized carbons (Fsp3) is 0.222. The van der Waals surface area contributed by atoms with Crippen molar-refractivity contribution in [2.24, 2.45) is 0 Å². The second kappa shape index (κ2) is 3.87. The summed E-state index contributed by atoms with van der Waals surface area (Å²) >= 11 is 0. The fourth-order valence-electron chi connectivity index (χ4n) is 1.16. The molecule has 0 atom stereocenters. The molecule has 2 aromatic rings. The van der Waals surface area contributed by atoms with Gasteiger partial charge in [0.15, 0.2) is 11.4 Å². The Morgan fingerprint density at radius 1 is 1.50 bits per heavy atom. The zero-order chi connectivity index (χ0) is 9.80. The second-order valence-electron chi connectivity index (χ2n) is 2.73. The molecular formula is C9H11N4O+. The monoisotopic (exact) mass is 191 g/mol. The van der Waals surface area contributed by atoms with Crippen molar-refractivity contribution in [3.05, 3.63) is 24.5 Å². The van der Waals surface area contributed by atoms with Gasteiger partial charge in [-0.3, -0.25) is 0 Å². The molecule has 2 N–H and O–H groups in total. The van der Waals surface area contributed by atoms with Crippen molar-refractivity contribution < 1.29 is 9.72 Å². The summed E-state index contributed by atoms with van der Waals surface area (Å²) in [6, 6.07) is 3.80. The molecular weight excluding hydrogens is 180 g/mol. The minimum Gasteiger partial charge on any atom is -0.488 e. The van der Waals surface area contributed by atoms with Gasteiger partial charge in [-0.15, -0.1) is 5.10 Å². The van der Waals surface area contributed by atoms with E-state index in [1.165, 1.54) is 0 Å². The predicted octanol–water partition coefficient (Wildman–Crippen LogP) is 0.684.